The number of amides is 1. The SMILES string of the molecule is CCOc1ccc(C2C(C(=O)c3cc4cccc(OC)c4o3)=C(O)C(=O)N2CC2CCCO2)cc1. The fraction of sp³-hybridized carbons (Fsp3) is 0.333. The van der Waals surface area contributed by atoms with Crippen molar-refractivity contribution in [1.29, 1.82) is 0 Å². The van der Waals surface area contributed by atoms with E-state index in [1.54, 1.807) is 48.5 Å². The van der Waals surface area contributed by atoms with Crippen LogP contribution in [0, 0.1) is 0 Å². The number of hydrogen-bond acceptors (Lipinski definition) is 7. The van der Waals surface area contributed by atoms with Gasteiger partial charge in [0.15, 0.2) is 22.9 Å². The number of para-hydroxylation sites is 1. The number of Topliss-reactive ketones (excluding diaryl/α,β-unsaturated/α-hetero) is 1. The summed E-state index contributed by atoms with van der Waals surface area (Å²) in [5, 5.41) is 11.6. The van der Waals surface area contributed by atoms with E-state index in [1.165, 1.54) is 12.0 Å². The van der Waals surface area contributed by atoms with Gasteiger partial charge in [0.05, 0.1) is 31.4 Å². The Morgan fingerprint density at radius 2 is 2.00 bits per heavy atom. The zero-order valence-corrected chi connectivity index (χ0v) is 19.7. The minimum Gasteiger partial charge on any atom is -0.503 e. The van der Waals surface area contributed by atoms with E-state index in [-0.39, 0.29) is 24.0 Å². The van der Waals surface area contributed by atoms with Crippen LogP contribution >= 0.6 is 0 Å². The maximum atomic E-state index is 13.7. The van der Waals surface area contributed by atoms with Crippen molar-refractivity contribution in [3.8, 4) is 11.5 Å². The van der Waals surface area contributed by atoms with E-state index in [0.29, 0.717) is 41.2 Å². The molecule has 1 aromatic heterocycles. The van der Waals surface area contributed by atoms with Crippen LogP contribution in [0.1, 0.15) is 41.9 Å². The molecular formula is C27H27NO7. The minimum absolute atomic E-state index is 0.0184. The number of carbonyl (C=O) groups is 2. The number of methoxy groups -OCH3 is 1. The Labute approximate surface area is 202 Å². The second-order valence-corrected chi connectivity index (χ2v) is 8.58. The fourth-order valence-corrected chi connectivity index (χ4v) is 4.78. The molecule has 0 radical (unpaired) electrons. The van der Waals surface area contributed by atoms with Gasteiger partial charge in [0.1, 0.15) is 5.75 Å². The number of rotatable bonds is 8. The van der Waals surface area contributed by atoms with Crippen LogP contribution in [0.3, 0.4) is 0 Å². The summed E-state index contributed by atoms with van der Waals surface area (Å²) in [6.07, 6.45) is 1.57. The van der Waals surface area contributed by atoms with Crippen LogP contribution in [-0.2, 0) is 9.53 Å². The maximum Gasteiger partial charge on any atom is 0.290 e. The van der Waals surface area contributed by atoms with Crippen molar-refractivity contribution in [3.05, 3.63) is 71.2 Å². The number of fused-ring (bicyclic) bond motifs is 1. The van der Waals surface area contributed by atoms with Gasteiger partial charge in [-0.1, -0.05) is 24.3 Å². The number of hydrogen-bond donors (Lipinski definition) is 1. The predicted octanol–water partition coefficient (Wildman–Crippen LogP) is 4.60. The molecule has 1 fully saturated rings. The summed E-state index contributed by atoms with van der Waals surface area (Å²) in [6.45, 7) is 3.32. The van der Waals surface area contributed by atoms with Crippen LogP contribution in [0.5, 0.6) is 11.5 Å². The van der Waals surface area contributed by atoms with Gasteiger partial charge in [0.2, 0.25) is 5.78 Å². The molecule has 0 spiro atoms. The summed E-state index contributed by atoms with van der Waals surface area (Å²) in [7, 11) is 1.52. The molecule has 2 aliphatic heterocycles. The molecule has 0 aliphatic carbocycles. The molecule has 1 saturated heterocycles. The molecule has 1 amide bonds. The Hall–Kier alpha value is -3.78. The monoisotopic (exact) mass is 477 g/mol. The smallest absolute Gasteiger partial charge is 0.290 e. The van der Waals surface area contributed by atoms with E-state index < -0.39 is 23.5 Å². The lowest BCUT2D eigenvalue weighted by molar-refractivity contribution is -0.131. The minimum atomic E-state index is -0.787. The van der Waals surface area contributed by atoms with Crippen LogP contribution < -0.4 is 9.47 Å². The lowest BCUT2D eigenvalue weighted by atomic mass is 9.94. The topological polar surface area (TPSA) is 98.4 Å². The average molecular weight is 478 g/mol. The Morgan fingerprint density at radius 3 is 2.69 bits per heavy atom. The molecule has 0 saturated carbocycles. The van der Waals surface area contributed by atoms with E-state index in [0.717, 1.165) is 12.8 Å². The first kappa shape index (κ1) is 23.0. The molecule has 1 N–H and O–H groups in total. The number of aliphatic hydroxyl groups is 1. The van der Waals surface area contributed by atoms with Crippen molar-refractivity contribution >= 4 is 22.7 Å². The van der Waals surface area contributed by atoms with Gasteiger partial charge in [-0.2, -0.15) is 0 Å². The molecule has 2 aliphatic rings. The number of ketones is 1. The highest BCUT2D eigenvalue weighted by Gasteiger charge is 2.45. The molecule has 5 rings (SSSR count). The van der Waals surface area contributed by atoms with Crippen LogP contribution in [0.4, 0.5) is 0 Å². The summed E-state index contributed by atoms with van der Waals surface area (Å²) in [5.41, 5.74) is 1.09. The van der Waals surface area contributed by atoms with E-state index in [2.05, 4.69) is 0 Å². The third-order valence-corrected chi connectivity index (χ3v) is 6.43. The Kier molecular flexibility index (Phi) is 6.21. The van der Waals surface area contributed by atoms with Gasteiger partial charge < -0.3 is 28.6 Å². The van der Waals surface area contributed by atoms with Crippen molar-refractivity contribution in [2.75, 3.05) is 26.9 Å². The number of carbonyl (C=O) groups excluding carboxylic acids is 2. The molecule has 35 heavy (non-hydrogen) atoms. The number of furan rings is 1. The molecule has 2 atom stereocenters. The molecule has 2 aromatic carbocycles. The van der Waals surface area contributed by atoms with Crippen LogP contribution in [0.2, 0.25) is 0 Å². The maximum absolute atomic E-state index is 13.7. The second kappa shape index (κ2) is 9.46. The van der Waals surface area contributed by atoms with Gasteiger partial charge in [-0.25, -0.2) is 0 Å². The molecule has 2 unspecified atom stereocenters. The Balaban J connectivity index is 1.56. The Bertz CT molecular complexity index is 1280. The van der Waals surface area contributed by atoms with Crippen molar-refractivity contribution < 1.29 is 33.3 Å². The molecule has 8 nitrogen and oxygen atoms in total. The fourth-order valence-electron chi connectivity index (χ4n) is 4.78. The van der Waals surface area contributed by atoms with Gasteiger partial charge >= 0.3 is 0 Å². The van der Waals surface area contributed by atoms with Crippen molar-refractivity contribution in [2.45, 2.75) is 31.9 Å². The first-order chi connectivity index (χ1) is 17.0. The first-order valence-corrected chi connectivity index (χ1v) is 11.7. The molecule has 0 bridgehead atoms. The number of aliphatic hydroxyl groups excluding tert-OH is 1. The summed E-state index contributed by atoms with van der Waals surface area (Å²) >= 11 is 0. The van der Waals surface area contributed by atoms with E-state index in [1.807, 2.05) is 6.92 Å². The largest absolute Gasteiger partial charge is 0.503 e. The standard InChI is InChI=1S/C27H27NO7/c1-3-33-18-11-9-16(10-12-18)23-22(25(30)27(31)28(23)15-19-7-5-13-34-19)24(29)21-14-17-6-4-8-20(32-2)26(17)35-21/h4,6,8-12,14,19,23,30H,3,5,7,13,15H2,1-2H3. The quantitative estimate of drug-likeness (QED) is 0.474. The number of ether oxygens (including phenoxy) is 3. The lowest BCUT2D eigenvalue weighted by Crippen LogP contribution is -2.37. The van der Waals surface area contributed by atoms with Gasteiger partial charge in [-0.15, -0.1) is 0 Å². The van der Waals surface area contributed by atoms with Crippen molar-refractivity contribution in [1.82, 2.24) is 4.90 Å². The second-order valence-electron chi connectivity index (χ2n) is 8.58. The molecule has 3 heterocycles. The zero-order chi connectivity index (χ0) is 24.5. The summed E-state index contributed by atoms with van der Waals surface area (Å²) in [6, 6.07) is 13.3. The zero-order valence-electron chi connectivity index (χ0n) is 19.7. The average Bonchev–Trinajstić information content (AvgIpc) is 3.60. The lowest BCUT2D eigenvalue weighted by Gasteiger charge is -2.28. The summed E-state index contributed by atoms with van der Waals surface area (Å²) in [5.74, 6) is -0.533. The van der Waals surface area contributed by atoms with E-state index in [4.69, 9.17) is 18.6 Å². The molecule has 182 valence electrons. The Morgan fingerprint density at radius 1 is 1.20 bits per heavy atom. The van der Waals surface area contributed by atoms with Crippen LogP contribution in [-0.4, -0.2) is 54.7 Å². The van der Waals surface area contributed by atoms with Crippen LogP contribution in [0.15, 0.2) is 64.3 Å². The van der Waals surface area contributed by atoms with Crippen molar-refractivity contribution in [3.63, 3.8) is 0 Å². The van der Waals surface area contributed by atoms with Gasteiger partial charge in [-0.05, 0) is 49.6 Å². The summed E-state index contributed by atoms with van der Waals surface area (Å²) < 4.78 is 22.5. The highest BCUT2D eigenvalue weighted by molar-refractivity contribution is 6.16. The van der Waals surface area contributed by atoms with E-state index >= 15 is 0 Å². The predicted molar refractivity (Wildman–Crippen MR) is 128 cm³/mol. The van der Waals surface area contributed by atoms with E-state index in [9.17, 15) is 14.7 Å². The van der Waals surface area contributed by atoms with Gasteiger partial charge in [0.25, 0.3) is 5.91 Å². The normalized spacial score (nSPS) is 20.2. The highest BCUT2D eigenvalue weighted by Crippen LogP contribution is 2.41. The summed E-state index contributed by atoms with van der Waals surface area (Å²) in [4.78, 5) is 28.4. The van der Waals surface area contributed by atoms with Gasteiger partial charge in [-0.3, -0.25) is 9.59 Å². The number of benzene rings is 2. The first-order valence-electron chi connectivity index (χ1n) is 11.7. The van der Waals surface area contributed by atoms with Gasteiger partial charge in [0, 0.05) is 18.5 Å². The third kappa shape index (κ3) is 4.14. The molecule has 3 aromatic rings. The molecule has 8 heteroatoms. The van der Waals surface area contributed by atoms with Crippen LogP contribution in [0.25, 0.3) is 11.0 Å². The van der Waals surface area contributed by atoms with Crippen molar-refractivity contribution in [2.24, 2.45) is 0 Å². The molecular weight excluding hydrogens is 450 g/mol. The highest BCUT2D eigenvalue weighted by atomic mass is 16.5. The number of nitrogens with zero attached hydrogens (tertiary/aromatic N) is 1. The third-order valence-electron chi connectivity index (χ3n) is 6.43.